The molecule has 0 aliphatic carbocycles. The van der Waals surface area contributed by atoms with Crippen molar-refractivity contribution in [2.24, 2.45) is 0 Å². The van der Waals surface area contributed by atoms with Gasteiger partial charge in [-0.2, -0.15) is 4.98 Å². The van der Waals surface area contributed by atoms with Crippen molar-refractivity contribution < 1.29 is 9.84 Å². The Morgan fingerprint density at radius 3 is 1.87 bits per heavy atom. The SMILES string of the molecule is CC(C)(C)c1ccnc(-n2c3ccccc3c3ccc(Oc4nc(-c5cc(C(C)(C)C)cc(C(C)(C)C)c5O)cn4-c4ccc(C(C)(C)C)cc4-c4ccccc4)cc32)c1. The maximum Gasteiger partial charge on any atom is 0.307 e. The highest BCUT2D eigenvalue weighted by Gasteiger charge is 2.28. The lowest BCUT2D eigenvalue weighted by atomic mass is 9.78. The molecule has 3 aromatic heterocycles. The summed E-state index contributed by atoms with van der Waals surface area (Å²) in [5.41, 5.74) is 10.3. The summed E-state index contributed by atoms with van der Waals surface area (Å²) >= 11 is 0. The van der Waals surface area contributed by atoms with E-state index in [4.69, 9.17) is 14.7 Å². The number of rotatable bonds is 6. The van der Waals surface area contributed by atoms with Crippen molar-refractivity contribution in [3.63, 3.8) is 0 Å². The van der Waals surface area contributed by atoms with E-state index in [0.29, 0.717) is 23.0 Å². The van der Waals surface area contributed by atoms with Gasteiger partial charge >= 0.3 is 6.01 Å². The van der Waals surface area contributed by atoms with E-state index < -0.39 is 0 Å². The number of hydrogen-bond donors (Lipinski definition) is 1. The minimum Gasteiger partial charge on any atom is -0.507 e. The van der Waals surface area contributed by atoms with E-state index in [-0.39, 0.29) is 27.4 Å². The molecule has 306 valence electrons. The van der Waals surface area contributed by atoms with Gasteiger partial charge in [0.1, 0.15) is 17.3 Å². The molecule has 0 unspecified atom stereocenters. The van der Waals surface area contributed by atoms with Gasteiger partial charge in [0.15, 0.2) is 0 Å². The molecule has 6 nitrogen and oxygen atoms in total. The van der Waals surface area contributed by atoms with E-state index in [1.54, 1.807) is 0 Å². The molecule has 8 rings (SSSR count). The van der Waals surface area contributed by atoms with Crippen molar-refractivity contribution in [2.45, 2.75) is 105 Å². The molecule has 3 heterocycles. The minimum absolute atomic E-state index is 0.0440. The average Bonchev–Trinajstić information content (AvgIpc) is 3.75. The number of ether oxygens (including phenoxy) is 1. The quantitative estimate of drug-likeness (QED) is 0.182. The Bertz CT molecular complexity index is 2890. The smallest absolute Gasteiger partial charge is 0.307 e. The maximum absolute atomic E-state index is 12.1. The molecule has 8 aromatic rings. The van der Waals surface area contributed by atoms with Crippen LogP contribution in [0, 0.1) is 0 Å². The fraction of sp³-hybridized carbons (Fsp3) is 0.296. The number of benzene rings is 5. The first-order valence-corrected chi connectivity index (χ1v) is 21.0. The Hall–Kier alpha value is -6.14. The predicted octanol–water partition coefficient (Wildman–Crippen LogP) is 14.4. The second kappa shape index (κ2) is 14.5. The number of hydrogen-bond acceptors (Lipinski definition) is 4. The zero-order chi connectivity index (χ0) is 42.9. The van der Waals surface area contributed by atoms with Crippen molar-refractivity contribution in [2.75, 3.05) is 0 Å². The number of fused-ring (bicyclic) bond motifs is 3. The first kappa shape index (κ1) is 40.6. The molecule has 60 heavy (non-hydrogen) atoms. The van der Waals surface area contributed by atoms with Crippen LogP contribution in [0.15, 0.2) is 128 Å². The number of pyridine rings is 1. The van der Waals surface area contributed by atoms with Crippen LogP contribution in [-0.4, -0.2) is 24.2 Å². The molecule has 5 aromatic carbocycles. The molecule has 0 radical (unpaired) electrons. The van der Waals surface area contributed by atoms with E-state index in [1.165, 1.54) is 11.1 Å². The minimum atomic E-state index is -0.305. The summed E-state index contributed by atoms with van der Waals surface area (Å²) < 4.78 is 11.3. The van der Waals surface area contributed by atoms with Crippen molar-refractivity contribution >= 4 is 21.8 Å². The summed E-state index contributed by atoms with van der Waals surface area (Å²) in [7, 11) is 0. The lowest BCUT2D eigenvalue weighted by molar-refractivity contribution is 0.435. The van der Waals surface area contributed by atoms with Crippen molar-refractivity contribution in [3.8, 4) is 51.4 Å². The van der Waals surface area contributed by atoms with E-state index in [9.17, 15) is 5.11 Å². The van der Waals surface area contributed by atoms with Gasteiger partial charge in [-0.25, -0.2) is 4.98 Å². The predicted molar refractivity (Wildman–Crippen MR) is 250 cm³/mol. The standard InChI is InChI=1S/C54H58N4O2/c1-51(2,3)35-22-25-45(41(28-35)34-18-14-13-15-19-34)57-33-44(42-29-37(53(7,8)9)30-43(49(42)59)54(10,11)12)56-50(57)60-38-23-24-40-39-20-16-17-21-46(39)58(47(40)32-38)48-31-36(26-27-55-48)52(4,5)6/h13-33,59H,1-12H3. The van der Waals surface area contributed by atoms with E-state index in [0.717, 1.165) is 55.6 Å². The summed E-state index contributed by atoms with van der Waals surface area (Å²) in [6.45, 7) is 26.4. The molecule has 0 fully saturated rings. The van der Waals surface area contributed by atoms with Gasteiger partial charge in [0.25, 0.3) is 0 Å². The molecule has 0 saturated carbocycles. The molecule has 0 spiro atoms. The van der Waals surface area contributed by atoms with Crippen LogP contribution in [0.5, 0.6) is 17.5 Å². The van der Waals surface area contributed by atoms with Gasteiger partial charge in [0.05, 0.1) is 22.4 Å². The highest BCUT2D eigenvalue weighted by atomic mass is 16.5. The summed E-state index contributed by atoms with van der Waals surface area (Å²) in [5.74, 6) is 1.71. The molecule has 0 bridgehead atoms. The van der Waals surface area contributed by atoms with Crippen molar-refractivity contribution in [3.05, 3.63) is 150 Å². The lowest BCUT2D eigenvalue weighted by Gasteiger charge is -2.27. The van der Waals surface area contributed by atoms with Gasteiger partial charge in [-0.3, -0.25) is 9.13 Å². The Morgan fingerprint density at radius 2 is 1.18 bits per heavy atom. The normalized spacial score (nSPS) is 12.7. The Labute approximate surface area is 355 Å². The number of nitrogens with zero attached hydrogens (tertiary/aromatic N) is 4. The van der Waals surface area contributed by atoms with Crippen LogP contribution in [0.3, 0.4) is 0 Å². The van der Waals surface area contributed by atoms with E-state index >= 15 is 0 Å². The van der Waals surface area contributed by atoms with Gasteiger partial charge in [-0.1, -0.05) is 144 Å². The largest absolute Gasteiger partial charge is 0.507 e. The second-order valence-corrected chi connectivity index (χ2v) is 20.3. The molecule has 0 atom stereocenters. The van der Waals surface area contributed by atoms with Gasteiger partial charge in [0, 0.05) is 45.9 Å². The third-order valence-electron chi connectivity index (χ3n) is 11.6. The molecular weight excluding hydrogens is 737 g/mol. The molecule has 1 N–H and O–H groups in total. The second-order valence-electron chi connectivity index (χ2n) is 20.3. The number of aromatic hydroxyl groups is 1. The van der Waals surface area contributed by atoms with Crippen LogP contribution in [0.4, 0.5) is 0 Å². The van der Waals surface area contributed by atoms with Gasteiger partial charge in [-0.15, -0.1) is 0 Å². The molecule has 0 saturated heterocycles. The summed E-state index contributed by atoms with van der Waals surface area (Å²) in [6, 6.07) is 40.8. The van der Waals surface area contributed by atoms with Gasteiger partial charge in [0.2, 0.25) is 0 Å². The first-order chi connectivity index (χ1) is 28.2. The summed E-state index contributed by atoms with van der Waals surface area (Å²) in [6.07, 6.45) is 3.92. The number of aromatic nitrogens is 4. The average molecular weight is 795 g/mol. The Kier molecular flexibility index (Phi) is 9.85. The summed E-state index contributed by atoms with van der Waals surface area (Å²) in [4.78, 5) is 10.2. The summed E-state index contributed by atoms with van der Waals surface area (Å²) in [5, 5.41) is 14.3. The fourth-order valence-electron chi connectivity index (χ4n) is 8.01. The topological polar surface area (TPSA) is 65.1 Å². The molecular formula is C54H58N4O2. The number of imidazole rings is 1. The zero-order valence-electron chi connectivity index (χ0n) is 37.3. The highest BCUT2D eigenvalue weighted by molar-refractivity contribution is 6.09. The van der Waals surface area contributed by atoms with Crippen LogP contribution in [0.25, 0.3) is 55.7 Å². The lowest BCUT2D eigenvalue weighted by Crippen LogP contribution is -2.17. The molecule has 0 aliphatic rings. The van der Waals surface area contributed by atoms with Crippen LogP contribution in [0.1, 0.15) is 105 Å². The van der Waals surface area contributed by atoms with Crippen LogP contribution in [0.2, 0.25) is 0 Å². The molecule has 6 heteroatoms. The monoisotopic (exact) mass is 794 g/mol. The van der Waals surface area contributed by atoms with Crippen LogP contribution >= 0.6 is 0 Å². The number of para-hydroxylation sites is 1. The highest BCUT2D eigenvalue weighted by Crippen LogP contribution is 2.44. The Balaban J connectivity index is 1.37. The van der Waals surface area contributed by atoms with Gasteiger partial charge < -0.3 is 9.84 Å². The number of phenolic OH excluding ortho intramolecular Hbond substituents is 1. The van der Waals surface area contributed by atoms with E-state index in [1.807, 2.05) is 29.1 Å². The number of phenols is 1. The molecule has 0 amide bonds. The van der Waals surface area contributed by atoms with E-state index in [2.05, 4.69) is 191 Å². The third kappa shape index (κ3) is 7.60. The van der Waals surface area contributed by atoms with Crippen molar-refractivity contribution in [1.82, 2.24) is 19.1 Å². The van der Waals surface area contributed by atoms with Gasteiger partial charge in [-0.05, 0) is 92.4 Å². The maximum atomic E-state index is 12.1. The van der Waals surface area contributed by atoms with Crippen molar-refractivity contribution in [1.29, 1.82) is 0 Å². The first-order valence-electron chi connectivity index (χ1n) is 21.0. The molecule has 0 aliphatic heterocycles. The fourth-order valence-corrected chi connectivity index (χ4v) is 8.01. The van der Waals surface area contributed by atoms with Crippen LogP contribution in [-0.2, 0) is 21.7 Å². The Morgan fingerprint density at radius 1 is 0.550 bits per heavy atom. The van der Waals surface area contributed by atoms with Crippen LogP contribution < -0.4 is 4.74 Å². The third-order valence-corrected chi connectivity index (χ3v) is 11.6. The zero-order valence-corrected chi connectivity index (χ0v) is 37.3.